The summed E-state index contributed by atoms with van der Waals surface area (Å²) in [5, 5.41) is 5.83. The molecule has 3 amide bonds. The second kappa shape index (κ2) is 16.0. The summed E-state index contributed by atoms with van der Waals surface area (Å²) in [5.74, 6) is -0.257. The number of nitrogens with zero attached hydrogens (tertiary/aromatic N) is 2. The van der Waals surface area contributed by atoms with Crippen molar-refractivity contribution >= 4 is 23.5 Å². The van der Waals surface area contributed by atoms with Gasteiger partial charge in [0.15, 0.2) is 0 Å². The summed E-state index contributed by atoms with van der Waals surface area (Å²) in [6, 6.07) is 24.0. The minimum absolute atomic E-state index is 0.150. The van der Waals surface area contributed by atoms with Crippen LogP contribution in [0.25, 0.3) is 0 Å². The number of aromatic amines is 1. The lowest BCUT2D eigenvalue weighted by Crippen LogP contribution is -2.58. The predicted molar refractivity (Wildman–Crippen MR) is 182 cm³/mol. The molecule has 0 unspecified atom stereocenters. The first-order valence-corrected chi connectivity index (χ1v) is 16.5. The Morgan fingerprint density at radius 1 is 0.875 bits per heavy atom. The van der Waals surface area contributed by atoms with Crippen molar-refractivity contribution in [2.45, 2.75) is 62.9 Å². The molecule has 2 heterocycles. The fraction of sp³-hybridized carbons (Fsp3) is 0.342. The molecule has 4 aromatic rings. The van der Waals surface area contributed by atoms with Crippen LogP contribution in [0.15, 0.2) is 97.5 Å². The normalized spacial score (nSPS) is 15.2. The highest BCUT2D eigenvalue weighted by molar-refractivity contribution is 5.98. The van der Waals surface area contributed by atoms with Gasteiger partial charge in [-0.1, -0.05) is 67.6 Å². The van der Waals surface area contributed by atoms with Gasteiger partial charge in [0.2, 0.25) is 11.8 Å². The van der Waals surface area contributed by atoms with E-state index in [1.807, 2.05) is 67.6 Å². The Morgan fingerprint density at radius 3 is 2.15 bits per heavy atom. The van der Waals surface area contributed by atoms with E-state index in [9.17, 15) is 19.2 Å². The van der Waals surface area contributed by atoms with Gasteiger partial charge in [0.1, 0.15) is 23.6 Å². The van der Waals surface area contributed by atoms with Crippen molar-refractivity contribution in [3.05, 3.63) is 120 Å². The Hall–Kier alpha value is -5.25. The molecule has 1 aliphatic rings. The maximum absolute atomic E-state index is 14.3. The van der Waals surface area contributed by atoms with Crippen LogP contribution in [0.1, 0.15) is 59.8 Å². The molecule has 0 spiro atoms. The van der Waals surface area contributed by atoms with Crippen LogP contribution >= 0.6 is 0 Å². The topological polar surface area (TPSA) is 133 Å². The maximum atomic E-state index is 14.3. The van der Waals surface area contributed by atoms with Crippen molar-refractivity contribution in [2.75, 3.05) is 20.2 Å². The lowest BCUT2D eigenvalue weighted by atomic mass is 9.68. The van der Waals surface area contributed by atoms with Gasteiger partial charge in [0.25, 0.3) is 5.91 Å². The number of likely N-dealkylation sites (tertiary alicyclic amines) is 1. The molecule has 1 aliphatic heterocycles. The Labute approximate surface area is 281 Å². The fourth-order valence-corrected chi connectivity index (χ4v) is 6.41. The quantitative estimate of drug-likeness (QED) is 0.185. The van der Waals surface area contributed by atoms with E-state index in [2.05, 4.69) is 20.6 Å². The van der Waals surface area contributed by atoms with Crippen LogP contribution in [-0.2, 0) is 32.6 Å². The lowest BCUT2D eigenvalue weighted by Gasteiger charge is -2.42. The first kappa shape index (κ1) is 34.1. The molecular weight excluding hydrogens is 606 g/mol. The van der Waals surface area contributed by atoms with Gasteiger partial charge < -0.3 is 25.3 Å². The summed E-state index contributed by atoms with van der Waals surface area (Å²) in [7, 11) is 1.59. The highest BCUT2D eigenvalue weighted by Crippen LogP contribution is 2.38. The molecule has 1 fully saturated rings. The average molecular weight is 650 g/mol. The van der Waals surface area contributed by atoms with Crippen LogP contribution in [0, 0.1) is 0 Å². The minimum Gasteiger partial charge on any atom is -0.497 e. The lowest BCUT2D eigenvalue weighted by molar-refractivity contribution is -0.140. The number of carbonyl (C=O) groups is 4. The number of imidazole rings is 1. The van der Waals surface area contributed by atoms with Crippen molar-refractivity contribution in [2.24, 2.45) is 0 Å². The van der Waals surface area contributed by atoms with E-state index < -0.39 is 29.3 Å². The van der Waals surface area contributed by atoms with E-state index in [1.54, 1.807) is 42.5 Å². The number of ketones is 1. The van der Waals surface area contributed by atoms with Crippen LogP contribution in [0.5, 0.6) is 5.75 Å². The third kappa shape index (κ3) is 8.17. The van der Waals surface area contributed by atoms with Crippen LogP contribution in [0.3, 0.4) is 0 Å². The molecule has 1 saturated heterocycles. The number of nitrogens with one attached hydrogen (secondary N) is 3. The van der Waals surface area contributed by atoms with Gasteiger partial charge in [-0.05, 0) is 54.7 Å². The van der Waals surface area contributed by atoms with E-state index in [4.69, 9.17) is 4.74 Å². The molecule has 10 heteroatoms. The molecule has 2 atom stereocenters. The fourth-order valence-electron chi connectivity index (χ4n) is 6.41. The monoisotopic (exact) mass is 649 g/mol. The van der Waals surface area contributed by atoms with Gasteiger partial charge in [0, 0.05) is 49.8 Å². The van der Waals surface area contributed by atoms with Gasteiger partial charge >= 0.3 is 0 Å². The van der Waals surface area contributed by atoms with Crippen molar-refractivity contribution in [3.63, 3.8) is 0 Å². The van der Waals surface area contributed by atoms with Crippen LogP contribution < -0.4 is 15.4 Å². The molecule has 0 saturated carbocycles. The Morgan fingerprint density at radius 2 is 1.54 bits per heavy atom. The zero-order chi connectivity index (χ0) is 33.9. The Balaban J connectivity index is 1.38. The molecule has 0 bridgehead atoms. The molecular formula is C38H43N5O5. The number of benzene rings is 3. The van der Waals surface area contributed by atoms with Crippen LogP contribution in [-0.4, -0.2) is 70.7 Å². The first-order valence-electron chi connectivity index (χ1n) is 16.5. The van der Waals surface area contributed by atoms with E-state index in [-0.39, 0.29) is 24.5 Å². The number of amides is 3. The molecule has 10 nitrogen and oxygen atoms in total. The molecule has 48 heavy (non-hydrogen) atoms. The second-order valence-electron chi connectivity index (χ2n) is 12.2. The molecule has 3 aromatic carbocycles. The zero-order valence-corrected chi connectivity index (χ0v) is 27.5. The van der Waals surface area contributed by atoms with Crippen molar-refractivity contribution in [1.82, 2.24) is 25.5 Å². The molecule has 250 valence electrons. The smallest absolute Gasteiger partial charge is 0.251 e. The summed E-state index contributed by atoms with van der Waals surface area (Å²) in [5.41, 5.74) is 2.24. The van der Waals surface area contributed by atoms with Crippen molar-refractivity contribution in [3.8, 4) is 5.75 Å². The number of Topliss-reactive ketones (excluding diaryl/α,β-unsaturated/α-hetero) is 1. The number of ether oxygens (including phenoxy) is 1. The predicted octanol–water partition coefficient (Wildman–Crippen LogP) is 4.42. The number of H-pyrrole nitrogens is 1. The summed E-state index contributed by atoms with van der Waals surface area (Å²) in [6.45, 7) is 2.75. The molecule has 5 rings (SSSR count). The number of methoxy groups -OCH3 is 1. The number of hydrogen-bond donors (Lipinski definition) is 3. The average Bonchev–Trinajstić information content (AvgIpc) is 3.65. The highest BCUT2D eigenvalue weighted by atomic mass is 16.5. The Kier molecular flexibility index (Phi) is 11.4. The van der Waals surface area contributed by atoms with E-state index in [1.165, 1.54) is 6.33 Å². The largest absolute Gasteiger partial charge is 0.497 e. The number of piperidine rings is 1. The molecule has 3 N–H and O–H groups in total. The minimum atomic E-state index is -0.983. The molecule has 0 radical (unpaired) electrons. The maximum Gasteiger partial charge on any atom is 0.251 e. The number of hydrogen-bond acceptors (Lipinski definition) is 6. The Bertz CT molecular complexity index is 1650. The summed E-state index contributed by atoms with van der Waals surface area (Å²) in [6.07, 6.45) is 5.72. The van der Waals surface area contributed by atoms with Crippen LogP contribution in [0.4, 0.5) is 0 Å². The van der Waals surface area contributed by atoms with Crippen molar-refractivity contribution in [1.29, 1.82) is 0 Å². The van der Waals surface area contributed by atoms with Gasteiger partial charge in [-0.3, -0.25) is 19.2 Å². The first-order chi connectivity index (χ1) is 23.3. The van der Waals surface area contributed by atoms with Gasteiger partial charge in [-0.2, -0.15) is 0 Å². The third-order valence-electron chi connectivity index (χ3n) is 9.12. The summed E-state index contributed by atoms with van der Waals surface area (Å²) >= 11 is 0. The van der Waals surface area contributed by atoms with E-state index >= 15 is 0 Å². The zero-order valence-electron chi connectivity index (χ0n) is 27.5. The van der Waals surface area contributed by atoms with E-state index in [0.29, 0.717) is 49.4 Å². The van der Waals surface area contributed by atoms with Crippen LogP contribution in [0.2, 0.25) is 0 Å². The third-order valence-corrected chi connectivity index (χ3v) is 9.12. The van der Waals surface area contributed by atoms with Crippen molar-refractivity contribution < 1.29 is 23.9 Å². The SMILES string of the molecule is CCCC(=O)C1(c2ccccc2)CCN(C(=O)[C@@H](Cc2ccc(OC)cc2)NC(=O)[C@@H](Cc2cnc[nH]2)NC(=O)c2ccccc2)CC1. The molecule has 1 aromatic heterocycles. The number of rotatable bonds is 14. The molecule has 0 aliphatic carbocycles. The van der Waals surface area contributed by atoms with Gasteiger partial charge in [-0.25, -0.2) is 4.98 Å². The number of aromatic nitrogens is 2. The second-order valence-corrected chi connectivity index (χ2v) is 12.2. The summed E-state index contributed by atoms with van der Waals surface area (Å²) < 4.78 is 5.31. The van der Waals surface area contributed by atoms with Gasteiger partial charge in [-0.15, -0.1) is 0 Å². The number of carbonyl (C=O) groups excluding carboxylic acids is 4. The van der Waals surface area contributed by atoms with E-state index in [0.717, 1.165) is 17.5 Å². The summed E-state index contributed by atoms with van der Waals surface area (Å²) in [4.78, 5) is 63.8. The van der Waals surface area contributed by atoms with Gasteiger partial charge in [0.05, 0.1) is 18.9 Å². The highest BCUT2D eigenvalue weighted by Gasteiger charge is 2.43. The standard InChI is InChI=1S/C38H43N5O5/c1-3-10-34(44)38(29-13-8-5-9-14-29)19-21-43(22-20-38)37(47)33(23-27-15-17-31(48-2)18-16-27)42-36(46)32(24-30-25-39-26-40-30)41-35(45)28-11-6-4-7-12-28/h4-9,11-18,25-26,32-33H,3,10,19-24H2,1-2H3,(H,39,40)(H,41,45)(H,42,46)/t32-,33-/m1/s1.